The molecular weight excluding hydrogens is 420 g/mol. The normalized spacial score (nSPS) is 21.0. The zero-order valence-electron chi connectivity index (χ0n) is 11.0. The number of aliphatic hydroxyl groups is 1. The van der Waals surface area contributed by atoms with Crippen molar-refractivity contribution in [2.75, 3.05) is 0 Å². The highest BCUT2D eigenvalue weighted by Crippen LogP contribution is 2.53. The number of benzene rings is 1. The summed E-state index contributed by atoms with van der Waals surface area (Å²) >= 11 is 8.79. The van der Waals surface area contributed by atoms with Crippen LogP contribution in [0.25, 0.3) is 0 Å². The second-order valence-corrected chi connectivity index (χ2v) is 7.92. The summed E-state index contributed by atoms with van der Waals surface area (Å²) in [6, 6.07) is 3.61. The average Bonchev–Trinajstić information content (AvgIpc) is 2.60. The molecule has 0 spiro atoms. The van der Waals surface area contributed by atoms with Crippen molar-refractivity contribution in [1.29, 1.82) is 0 Å². The van der Waals surface area contributed by atoms with E-state index in [2.05, 4.69) is 20.9 Å². The van der Waals surface area contributed by atoms with E-state index in [9.17, 15) is 22.3 Å². The summed E-state index contributed by atoms with van der Waals surface area (Å²) in [5.74, 6) is 0.264. The molecule has 1 aromatic carbocycles. The minimum absolute atomic E-state index is 0.0415. The number of aliphatic hydroxyl groups excluding tert-OH is 1. The Morgan fingerprint density at radius 2 is 2.04 bits per heavy atom. The Balaban J connectivity index is 2.11. The Labute approximate surface area is 142 Å². The van der Waals surface area contributed by atoms with Gasteiger partial charge in [0.25, 0.3) is 0 Å². The zero-order chi connectivity index (χ0) is 17.0. The van der Waals surface area contributed by atoms with E-state index in [1.165, 1.54) is 24.5 Å². The molecule has 2 aromatic rings. The van der Waals surface area contributed by atoms with E-state index in [4.69, 9.17) is 16.3 Å². The highest BCUT2D eigenvalue weighted by atomic mass is 79.9. The lowest BCUT2D eigenvalue weighted by Crippen LogP contribution is -2.28. The third kappa shape index (κ3) is 2.42. The summed E-state index contributed by atoms with van der Waals surface area (Å²) in [6.45, 7) is 0. The Hall–Kier alpha value is -1.29. The Morgan fingerprint density at radius 1 is 1.35 bits per heavy atom. The molecule has 1 aliphatic heterocycles. The van der Waals surface area contributed by atoms with Crippen molar-refractivity contribution in [2.24, 2.45) is 0 Å². The molecule has 0 aliphatic carbocycles. The molecule has 122 valence electrons. The maximum Gasteiger partial charge on any atom is 0.379 e. The molecule has 0 radical (unpaired) electrons. The largest absolute Gasteiger partial charge is 0.454 e. The summed E-state index contributed by atoms with van der Waals surface area (Å²) in [5.41, 5.74) is -0.442. The minimum Gasteiger partial charge on any atom is -0.454 e. The molecule has 23 heavy (non-hydrogen) atoms. The van der Waals surface area contributed by atoms with E-state index in [1.54, 1.807) is 0 Å². The van der Waals surface area contributed by atoms with Gasteiger partial charge in [-0.15, -0.1) is 0 Å². The van der Waals surface area contributed by atoms with Crippen LogP contribution in [0, 0.1) is 0 Å². The number of sulfone groups is 1. The predicted molar refractivity (Wildman–Crippen MR) is 80.6 cm³/mol. The molecule has 3 rings (SSSR count). The number of pyridine rings is 1. The van der Waals surface area contributed by atoms with Gasteiger partial charge in [-0.05, 0) is 28.1 Å². The number of ether oxygens (including phenoxy) is 1. The maximum absolute atomic E-state index is 13.8. The van der Waals surface area contributed by atoms with Crippen LogP contribution in [0.2, 0.25) is 5.02 Å². The monoisotopic (exact) mass is 425 g/mol. The van der Waals surface area contributed by atoms with E-state index in [0.717, 1.165) is 6.07 Å². The second-order valence-electron chi connectivity index (χ2n) is 4.70. The van der Waals surface area contributed by atoms with Crippen LogP contribution in [0.1, 0.15) is 11.7 Å². The van der Waals surface area contributed by atoms with Crippen LogP contribution in [0.4, 0.5) is 8.78 Å². The molecule has 1 aromatic heterocycles. The third-order valence-corrected chi connectivity index (χ3v) is 6.15. The molecule has 0 fully saturated rings. The standard InChI is InChI=1S/C13H7BrClF2NO4S/c14-11-8(22-7-3-6(15)4-18-5-7)1-2-9-10(11)12(19)13(16,17)23(9,20)21/h1-5,12,19H. The zero-order valence-corrected chi connectivity index (χ0v) is 14.2. The molecule has 1 aliphatic rings. The van der Waals surface area contributed by atoms with Gasteiger partial charge in [-0.2, -0.15) is 8.78 Å². The van der Waals surface area contributed by atoms with E-state index >= 15 is 0 Å². The van der Waals surface area contributed by atoms with E-state index in [1.807, 2.05) is 0 Å². The lowest BCUT2D eigenvalue weighted by molar-refractivity contribution is -0.0379. The molecule has 1 unspecified atom stereocenters. The number of nitrogens with zero attached hydrogens (tertiary/aromatic N) is 1. The van der Waals surface area contributed by atoms with Crippen LogP contribution in [0.5, 0.6) is 11.5 Å². The molecule has 0 saturated carbocycles. The predicted octanol–water partition coefficient (Wildman–Crippen LogP) is 3.70. The van der Waals surface area contributed by atoms with Gasteiger partial charge < -0.3 is 9.84 Å². The molecule has 0 saturated heterocycles. The van der Waals surface area contributed by atoms with Gasteiger partial charge in [0, 0.05) is 17.8 Å². The van der Waals surface area contributed by atoms with Gasteiger partial charge in [0.05, 0.1) is 20.6 Å². The van der Waals surface area contributed by atoms with E-state index in [-0.39, 0.29) is 16.0 Å². The quantitative estimate of drug-likeness (QED) is 0.792. The van der Waals surface area contributed by atoms with E-state index in [0.29, 0.717) is 5.02 Å². The number of rotatable bonds is 2. The Bertz CT molecular complexity index is 907. The van der Waals surface area contributed by atoms with Crippen molar-refractivity contribution in [3.8, 4) is 11.5 Å². The lowest BCUT2D eigenvalue weighted by Gasteiger charge is -2.14. The van der Waals surface area contributed by atoms with Crippen LogP contribution < -0.4 is 4.74 Å². The minimum atomic E-state index is -4.95. The smallest absolute Gasteiger partial charge is 0.379 e. The number of hydrogen-bond donors (Lipinski definition) is 1. The molecule has 0 amide bonds. The Kier molecular flexibility index (Phi) is 3.87. The maximum atomic E-state index is 13.8. The number of alkyl halides is 2. The first-order valence-electron chi connectivity index (χ1n) is 6.07. The fourth-order valence-electron chi connectivity index (χ4n) is 2.16. The van der Waals surface area contributed by atoms with Crippen molar-refractivity contribution < 1.29 is 27.0 Å². The molecule has 10 heteroatoms. The van der Waals surface area contributed by atoms with Gasteiger partial charge >= 0.3 is 5.25 Å². The lowest BCUT2D eigenvalue weighted by atomic mass is 10.1. The van der Waals surface area contributed by atoms with Crippen LogP contribution in [0.15, 0.2) is 40.0 Å². The van der Waals surface area contributed by atoms with Crippen LogP contribution >= 0.6 is 27.5 Å². The molecule has 0 bridgehead atoms. The van der Waals surface area contributed by atoms with Crippen molar-refractivity contribution in [2.45, 2.75) is 16.3 Å². The summed E-state index contributed by atoms with van der Waals surface area (Å²) in [5, 5.41) is 5.71. The van der Waals surface area contributed by atoms with Gasteiger partial charge in [-0.3, -0.25) is 4.98 Å². The van der Waals surface area contributed by atoms with Gasteiger partial charge in [0.2, 0.25) is 9.84 Å². The fraction of sp³-hybridized carbons (Fsp3) is 0.154. The fourth-order valence-corrected chi connectivity index (χ4v) is 4.55. The summed E-state index contributed by atoms with van der Waals surface area (Å²) < 4.78 is 56.5. The molecule has 1 atom stereocenters. The van der Waals surface area contributed by atoms with Crippen molar-refractivity contribution in [1.82, 2.24) is 4.98 Å². The van der Waals surface area contributed by atoms with Crippen LogP contribution in [-0.4, -0.2) is 23.8 Å². The summed E-state index contributed by atoms with van der Waals surface area (Å²) in [4.78, 5) is 3.17. The van der Waals surface area contributed by atoms with Crippen molar-refractivity contribution in [3.05, 3.63) is 45.7 Å². The topological polar surface area (TPSA) is 76.5 Å². The third-order valence-electron chi connectivity index (χ3n) is 3.25. The van der Waals surface area contributed by atoms with Gasteiger partial charge in [-0.25, -0.2) is 8.42 Å². The van der Waals surface area contributed by atoms with Crippen molar-refractivity contribution in [3.63, 3.8) is 0 Å². The first-order chi connectivity index (χ1) is 10.7. The number of halogens is 4. The van der Waals surface area contributed by atoms with Gasteiger partial charge in [0.15, 0.2) is 6.10 Å². The second kappa shape index (κ2) is 5.37. The van der Waals surface area contributed by atoms with Crippen molar-refractivity contribution >= 4 is 37.4 Å². The molecule has 1 N–H and O–H groups in total. The van der Waals surface area contributed by atoms with Gasteiger partial charge in [0.1, 0.15) is 11.5 Å². The first kappa shape index (κ1) is 16.6. The number of hydrogen-bond acceptors (Lipinski definition) is 5. The van der Waals surface area contributed by atoms with E-state index < -0.39 is 31.7 Å². The molecule has 2 heterocycles. The van der Waals surface area contributed by atoms with Gasteiger partial charge in [-0.1, -0.05) is 11.6 Å². The SMILES string of the molecule is O=S1(=O)c2ccc(Oc3cncc(Cl)c3)c(Br)c2C(O)C1(F)F. The average molecular weight is 427 g/mol. The summed E-state index contributed by atoms with van der Waals surface area (Å²) in [7, 11) is -4.95. The molecular formula is C13H7BrClF2NO4S. The first-order valence-corrected chi connectivity index (χ1v) is 8.73. The van der Waals surface area contributed by atoms with Crippen LogP contribution in [-0.2, 0) is 9.84 Å². The van der Waals surface area contributed by atoms with Crippen LogP contribution in [0.3, 0.4) is 0 Å². The Morgan fingerprint density at radius 3 is 2.70 bits per heavy atom. The highest BCUT2D eigenvalue weighted by Gasteiger charge is 2.61. The summed E-state index contributed by atoms with van der Waals surface area (Å²) in [6.07, 6.45) is 0.231. The highest BCUT2D eigenvalue weighted by molar-refractivity contribution is 9.10. The number of fused-ring (bicyclic) bond motifs is 1. The molecule has 5 nitrogen and oxygen atoms in total. The number of aromatic nitrogens is 1.